The van der Waals surface area contributed by atoms with Crippen molar-refractivity contribution in [2.45, 2.75) is 238 Å². The quantitative estimate of drug-likeness (QED) is 0.0195. The summed E-state index contributed by atoms with van der Waals surface area (Å²) < 4.78 is 22.6. The summed E-state index contributed by atoms with van der Waals surface area (Å²) in [7, 11) is 5.91. The third-order valence-corrected chi connectivity index (χ3v) is 11.3. The number of carbonyl (C=O) groups is 3. The Morgan fingerprint density at radius 3 is 1.33 bits per heavy atom. The van der Waals surface area contributed by atoms with Crippen molar-refractivity contribution in [2.24, 2.45) is 0 Å². The van der Waals surface area contributed by atoms with Crippen LogP contribution in [0.2, 0.25) is 0 Å². The first-order chi connectivity index (χ1) is 31.1. The number of rotatable bonds is 48. The maximum Gasteiger partial charge on any atom is 0.306 e. The molecule has 0 saturated carbocycles. The molecule has 0 aromatic rings. The molecule has 64 heavy (non-hydrogen) atoms. The molecule has 0 N–H and O–H groups in total. The normalized spacial score (nSPS) is 13.2. The molecule has 0 aromatic heterocycles. The van der Waals surface area contributed by atoms with Gasteiger partial charge < -0.3 is 33.3 Å². The predicted molar refractivity (Wildman–Crippen MR) is 265 cm³/mol. The number of hydrogen-bond donors (Lipinski definition) is 0. The number of aliphatic carboxylic acids is 1. The summed E-state index contributed by atoms with van der Waals surface area (Å²) in [4.78, 5) is 37.0. The molecule has 0 rings (SSSR count). The molecule has 0 fully saturated rings. The second kappa shape index (κ2) is 46.8. The lowest BCUT2D eigenvalue weighted by molar-refractivity contribution is -0.870. The molecular weight excluding hydrogens is 803 g/mol. The molecule has 0 heterocycles. The maximum atomic E-state index is 12.8. The fourth-order valence-corrected chi connectivity index (χ4v) is 7.19. The van der Waals surface area contributed by atoms with Crippen molar-refractivity contribution >= 4 is 17.9 Å². The Labute approximate surface area is 393 Å². The standard InChI is InChI=1S/C55H99NO8/c1-6-8-10-12-14-16-18-19-20-21-22-23-24-25-26-27-28-29-30-31-32-33-34-35-36-38-40-42-44-46-53(58)64-51(50-63-55(54(59)60)61-48-47-56(3,4)5)49-62-52(57)45-43-41-39-37-17-15-13-11-9-7-2/h11,13,18-19,21-22,24-25,51,55H,6-10,12,14-17,20,23,26-50H2,1-5H3/b13-11-,19-18-,22-21-,25-24-. The summed E-state index contributed by atoms with van der Waals surface area (Å²) >= 11 is 0. The van der Waals surface area contributed by atoms with Gasteiger partial charge in [-0.1, -0.05) is 191 Å². The highest BCUT2D eigenvalue weighted by molar-refractivity contribution is 5.70. The van der Waals surface area contributed by atoms with Crippen LogP contribution in [0.25, 0.3) is 0 Å². The zero-order chi connectivity index (χ0) is 47.0. The van der Waals surface area contributed by atoms with Gasteiger partial charge in [0.25, 0.3) is 0 Å². The molecule has 0 bridgehead atoms. The van der Waals surface area contributed by atoms with E-state index in [0.717, 1.165) is 77.0 Å². The minimum absolute atomic E-state index is 0.146. The molecule has 0 aliphatic rings. The van der Waals surface area contributed by atoms with Gasteiger partial charge in [-0.05, 0) is 70.6 Å². The van der Waals surface area contributed by atoms with Gasteiger partial charge in [0.05, 0.1) is 40.3 Å². The first-order valence-corrected chi connectivity index (χ1v) is 26.3. The van der Waals surface area contributed by atoms with Crippen LogP contribution in [0.15, 0.2) is 48.6 Å². The number of allylic oxidation sites excluding steroid dienone is 8. The van der Waals surface area contributed by atoms with Crippen molar-refractivity contribution in [1.82, 2.24) is 0 Å². The van der Waals surface area contributed by atoms with Gasteiger partial charge in [0.2, 0.25) is 0 Å². The van der Waals surface area contributed by atoms with Crippen molar-refractivity contribution in [2.75, 3.05) is 47.5 Å². The Kier molecular flexibility index (Phi) is 44.8. The molecule has 9 heteroatoms. The van der Waals surface area contributed by atoms with E-state index in [1.165, 1.54) is 116 Å². The topological polar surface area (TPSA) is 111 Å². The number of ether oxygens (including phenoxy) is 4. The highest BCUT2D eigenvalue weighted by Crippen LogP contribution is 2.15. The average molecular weight is 902 g/mol. The van der Waals surface area contributed by atoms with Crippen LogP contribution in [0.1, 0.15) is 226 Å². The number of carboxylic acids is 1. The van der Waals surface area contributed by atoms with Crippen molar-refractivity contribution in [3.05, 3.63) is 48.6 Å². The molecular formula is C55H99NO8. The summed E-state index contributed by atoms with van der Waals surface area (Å²) in [6, 6.07) is 0. The first-order valence-electron chi connectivity index (χ1n) is 26.3. The van der Waals surface area contributed by atoms with Crippen LogP contribution in [-0.2, 0) is 33.3 Å². The van der Waals surface area contributed by atoms with E-state index in [1.54, 1.807) is 0 Å². The zero-order valence-electron chi connectivity index (χ0n) is 42.1. The Hall–Kier alpha value is -2.75. The number of esters is 2. The van der Waals surface area contributed by atoms with Crippen LogP contribution < -0.4 is 5.11 Å². The number of quaternary nitrogens is 1. The second-order valence-corrected chi connectivity index (χ2v) is 18.8. The molecule has 0 saturated heterocycles. The smallest absolute Gasteiger partial charge is 0.306 e. The third-order valence-electron chi connectivity index (χ3n) is 11.3. The predicted octanol–water partition coefficient (Wildman–Crippen LogP) is 13.4. The Morgan fingerprint density at radius 2 is 0.875 bits per heavy atom. The van der Waals surface area contributed by atoms with E-state index in [4.69, 9.17) is 18.9 Å². The fourth-order valence-electron chi connectivity index (χ4n) is 7.19. The van der Waals surface area contributed by atoms with Crippen LogP contribution in [0.3, 0.4) is 0 Å². The van der Waals surface area contributed by atoms with E-state index in [9.17, 15) is 19.5 Å². The highest BCUT2D eigenvalue weighted by atomic mass is 16.7. The van der Waals surface area contributed by atoms with Crippen LogP contribution in [0.5, 0.6) is 0 Å². The largest absolute Gasteiger partial charge is 0.545 e. The van der Waals surface area contributed by atoms with Crippen LogP contribution >= 0.6 is 0 Å². The monoisotopic (exact) mass is 902 g/mol. The van der Waals surface area contributed by atoms with Gasteiger partial charge in [-0.2, -0.15) is 0 Å². The highest BCUT2D eigenvalue weighted by Gasteiger charge is 2.22. The lowest BCUT2D eigenvalue weighted by atomic mass is 10.0. The molecule has 0 aliphatic carbocycles. The maximum absolute atomic E-state index is 12.8. The molecule has 9 nitrogen and oxygen atoms in total. The van der Waals surface area contributed by atoms with Crippen molar-refractivity contribution < 1.29 is 42.9 Å². The Balaban J connectivity index is 4.14. The van der Waals surface area contributed by atoms with Gasteiger partial charge in [-0.3, -0.25) is 9.59 Å². The third kappa shape index (κ3) is 47.2. The van der Waals surface area contributed by atoms with Crippen LogP contribution in [0, 0.1) is 0 Å². The van der Waals surface area contributed by atoms with Crippen LogP contribution in [-0.4, -0.2) is 82.3 Å². The molecule has 0 aliphatic heterocycles. The molecule has 2 unspecified atom stereocenters. The van der Waals surface area contributed by atoms with Gasteiger partial charge in [0.1, 0.15) is 13.2 Å². The lowest BCUT2D eigenvalue weighted by Gasteiger charge is -2.26. The average Bonchev–Trinajstić information content (AvgIpc) is 3.26. The van der Waals surface area contributed by atoms with E-state index in [1.807, 2.05) is 21.1 Å². The lowest BCUT2D eigenvalue weighted by Crippen LogP contribution is -2.44. The van der Waals surface area contributed by atoms with Gasteiger partial charge in [0, 0.05) is 12.8 Å². The van der Waals surface area contributed by atoms with E-state index < -0.39 is 24.3 Å². The number of unbranched alkanes of at least 4 members (excludes halogenated alkanes) is 25. The minimum atomic E-state index is -1.62. The molecule has 0 radical (unpaired) electrons. The Morgan fingerprint density at radius 1 is 0.469 bits per heavy atom. The number of likely N-dealkylation sites (N-methyl/N-ethyl adjacent to an activating group) is 1. The summed E-state index contributed by atoms with van der Waals surface area (Å²) in [6.07, 6.45) is 53.1. The van der Waals surface area contributed by atoms with E-state index in [0.29, 0.717) is 17.4 Å². The molecule has 0 amide bonds. The molecule has 0 spiro atoms. The van der Waals surface area contributed by atoms with E-state index in [2.05, 4.69) is 62.5 Å². The first kappa shape index (κ1) is 61.2. The van der Waals surface area contributed by atoms with Gasteiger partial charge in [-0.15, -0.1) is 0 Å². The van der Waals surface area contributed by atoms with Gasteiger partial charge in [0.15, 0.2) is 12.4 Å². The number of carbonyl (C=O) groups excluding carboxylic acids is 3. The van der Waals surface area contributed by atoms with Crippen LogP contribution in [0.4, 0.5) is 0 Å². The number of carboxylic acid groups (broad SMARTS) is 1. The second-order valence-electron chi connectivity index (χ2n) is 18.8. The zero-order valence-corrected chi connectivity index (χ0v) is 42.1. The molecule has 372 valence electrons. The SMILES string of the molecule is CCC/C=C\CCCCCCCC(=O)OCC(COC(OCC[N+](C)(C)C)C(=O)[O-])OC(=O)CCCCCCCCCCCCCCCC/C=C\C/C=C\C/C=C\CCCCCCC. The Bertz CT molecular complexity index is 1190. The van der Waals surface area contributed by atoms with Gasteiger partial charge >= 0.3 is 11.9 Å². The summed E-state index contributed by atoms with van der Waals surface area (Å²) in [5, 5.41) is 11.7. The number of hydrogen-bond acceptors (Lipinski definition) is 8. The van der Waals surface area contributed by atoms with Crippen molar-refractivity contribution in [3.8, 4) is 0 Å². The minimum Gasteiger partial charge on any atom is -0.545 e. The van der Waals surface area contributed by atoms with E-state index in [-0.39, 0.29) is 38.6 Å². The van der Waals surface area contributed by atoms with E-state index >= 15 is 0 Å². The fraction of sp³-hybridized carbons (Fsp3) is 0.800. The molecule has 2 atom stereocenters. The van der Waals surface area contributed by atoms with Gasteiger partial charge in [-0.25, -0.2) is 0 Å². The summed E-state index contributed by atoms with van der Waals surface area (Å²) in [5.74, 6) is -2.30. The molecule has 0 aromatic carbocycles. The number of nitrogens with zero attached hydrogens (tertiary/aromatic N) is 1. The summed E-state index contributed by atoms with van der Waals surface area (Å²) in [5.41, 5.74) is 0. The summed E-state index contributed by atoms with van der Waals surface area (Å²) in [6.45, 7) is 4.66. The van der Waals surface area contributed by atoms with Crippen molar-refractivity contribution in [3.63, 3.8) is 0 Å². The van der Waals surface area contributed by atoms with Crippen molar-refractivity contribution in [1.29, 1.82) is 0 Å².